The van der Waals surface area contributed by atoms with Crippen LogP contribution in [0.5, 0.6) is 0 Å². The average molecular weight is 185 g/mol. The molecule has 13 heavy (non-hydrogen) atoms. The summed E-state index contributed by atoms with van der Waals surface area (Å²) in [6.45, 7) is 1.61. The molecule has 0 saturated carbocycles. The van der Waals surface area contributed by atoms with Crippen molar-refractivity contribution in [3.8, 4) is 0 Å². The largest absolute Gasteiger partial charge is 0.469 e. The van der Waals surface area contributed by atoms with Crippen LogP contribution >= 0.6 is 0 Å². The minimum atomic E-state index is -0.529. The van der Waals surface area contributed by atoms with E-state index in [-0.39, 0.29) is 18.4 Å². The van der Waals surface area contributed by atoms with Crippen molar-refractivity contribution in [3.63, 3.8) is 0 Å². The Hall–Kier alpha value is -1.39. The van der Waals surface area contributed by atoms with Gasteiger partial charge in [0.25, 0.3) is 0 Å². The molecule has 5 heteroatoms. The van der Waals surface area contributed by atoms with E-state index in [0.717, 1.165) is 0 Å². The summed E-state index contributed by atoms with van der Waals surface area (Å²) >= 11 is 0. The van der Waals surface area contributed by atoms with Crippen molar-refractivity contribution in [1.82, 2.24) is 0 Å². The zero-order valence-corrected chi connectivity index (χ0v) is 7.57. The highest BCUT2D eigenvalue weighted by Gasteiger charge is 2.27. The van der Waals surface area contributed by atoms with Crippen LogP contribution in [0, 0.1) is 0 Å². The summed E-state index contributed by atoms with van der Waals surface area (Å²) < 4.78 is 9.13. The van der Waals surface area contributed by atoms with Crippen molar-refractivity contribution in [2.75, 3.05) is 7.11 Å². The number of hydrogen-bond acceptors (Lipinski definition) is 5. The van der Waals surface area contributed by atoms with Crippen LogP contribution in [0.4, 0.5) is 0 Å². The Bertz CT molecular complexity index is 259. The van der Waals surface area contributed by atoms with Crippen LogP contribution in [0.1, 0.15) is 19.8 Å². The van der Waals surface area contributed by atoms with Gasteiger partial charge in [-0.3, -0.25) is 4.79 Å². The Morgan fingerprint density at radius 2 is 2.38 bits per heavy atom. The normalized spacial score (nSPS) is 20.9. The Morgan fingerprint density at radius 1 is 1.69 bits per heavy atom. The highest BCUT2D eigenvalue weighted by molar-refractivity contribution is 5.96. The van der Waals surface area contributed by atoms with Crippen molar-refractivity contribution < 1.29 is 19.1 Å². The molecular weight excluding hydrogens is 174 g/mol. The molecule has 0 saturated heterocycles. The SMILES string of the molecule is COC(=O)CC[C@@H]1N=C(C)OC1=O. The Balaban J connectivity index is 2.37. The third-order valence-electron chi connectivity index (χ3n) is 1.71. The fourth-order valence-corrected chi connectivity index (χ4v) is 1.05. The van der Waals surface area contributed by atoms with Crippen LogP contribution in [-0.4, -0.2) is 31.0 Å². The Kier molecular flexibility index (Phi) is 3.00. The van der Waals surface area contributed by atoms with Crippen molar-refractivity contribution >= 4 is 17.8 Å². The smallest absolute Gasteiger partial charge is 0.337 e. The van der Waals surface area contributed by atoms with Gasteiger partial charge in [0, 0.05) is 13.3 Å². The number of carbonyl (C=O) groups excluding carboxylic acids is 2. The lowest BCUT2D eigenvalue weighted by molar-refractivity contribution is -0.141. The van der Waals surface area contributed by atoms with E-state index in [0.29, 0.717) is 12.3 Å². The second-order valence-corrected chi connectivity index (χ2v) is 2.70. The summed E-state index contributed by atoms with van der Waals surface area (Å²) in [5, 5.41) is 0. The molecule has 0 aromatic heterocycles. The highest BCUT2D eigenvalue weighted by Crippen LogP contribution is 2.12. The predicted molar refractivity (Wildman–Crippen MR) is 44.2 cm³/mol. The number of hydrogen-bond donors (Lipinski definition) is 0. The maximum absolute atomic E-state index is 11.0. The second-order valence-electron chi connectivity index (χ2n) is 2.70. The third-order valence-corrected chi connectivity index (χ3v) is 1.71. The molecule has 0 aromatic rings. The van der Waals surface area contributed by atoms with E-state index in [1.807, 2.05) is 0 Å². The number of carbonyl (C=O) groups is 2. The lowest BCUT2D eigenvalue weighted by atomic mass is 10.2. The quantitative estimate of drug-likeness (QED) is 0.592. The molecule has 0 N–H and O–H groups in total. The van der Waals surface area contributed by atoms with Crippen LogP contribution in [0.15, 0.2) is 4.99 Å². The lowest BCUT2D eigenvalue weighted by Crippen LogP contribution is -2.16. The maximum Gasteiger partial charge on any atom is 0.337 e. The van der Waals surface area contributed by atoms with Gasteiger partial charge in [-0.1, -0.05) is 0 Å². The molecule has 0 spiro atoms. The lowest BCUT2D eigenvalue weighted by Gasteiger charge is -2.01. The molecule has 0 aliphatic carbocycles. The molecule has 1 atom stereocenters. The van der Waals surface area contributed by atoms with Crippen molar-refractivity contribution in [1.29, 1.82) is 0 Å². The summed E-state index contributed by atoms with van der Waals surface area (Å²) in [6.07, 6.45) is 0.538. The first-order valence-corrected chi connectivity index (χ1v) is 3.96. The highest BCUT2D eigenvalue weighted by atomic mass is 16.6. The van der Waals surface area contributed by atoms with E-state index in [4.69, 9.17) is 4.74 Å². The minimum absolute atomic E-state index is 0.188. The zero-order chi connectivity index (χ0) is 9.84. The summed E-state index contributed by atoms with van der Waals surface area (Å²) in [4.78, 5) is 25.6. The standard InChI is InChI=1S/C8H11NO4/c1-5-9-6(8(11)13-5)3-4-7(10)12-2/h6H,3-4H2,1-2H3/t6-/m0/s1. The number of methoxy groups -OCH3 is 1. The van der Waals surface area contributed by atoms with E-state index >= 15 is 0 Å². The molecule has 0 radical (unpaired) electrons. The van der Waals surface area contributed by atoms with Gasteiger partial charge in [-0.25, -0.2) is 9.79 Å². The van der Waals surface area contributed by atoms with Gasteiger partial charge in [0.15, 0.2) is 11.9 Å². The van der Waals surface area contributed by atoms with Gasteiger partial charge in [-0.05, 0) is 6.42 Å². The first kappa shape index (κ1) is 9.70. The fourth-order valence-electron chi connectivity index (χ4n) is 1.05. The van der Waals surface area contributed by atoms with Crippen molar-refractivity contribution in [2.45, 2.75) is 25.8 Å². The number of rotatable bonds is 3. The first-order chi connectivity index (χ1) is 6.13. The molecule has 0 fully saturated rings. The van der Waals surface area contributed by atoms with E-state index in [9.17, 15) is 9.59 Å². The molecule has 1 aliphatic rings. The minimum Gasteiger partial charge on any atom is -0.469 e. The van der Waals surface area contributed by atoms with Crippen molar-refractivity contribution in [2.24, 2.45) is 4.99 Å². The van der Waals surface area contributed by atoms with Crippen LogP contribution < -0.4 is 0 Å². The monoisotopic (exact) mass is 185 g/mol. The molecule has 1 heterocycles. The maximum atomic E-state index is 11.0. The fraction of sp³-hybridized carbons (Fsp3) is 0.625. The van der Waals surface area contributed by atoms with Gasteiger partial charge >= 0.3 is 11.9 Å². The summed E-state index contributed by atoms with van der Waals surface area (Å²) in [5.41, 5.74) is 0. The second kappa shape index (κ2) is 4.02. The molecular formula is C8H11NO4. The first-order valence-electron chi connectivity index (χ1n) is 3.96. The molecule has 0 unspecified atom stereocenters. The summed E-state index contributed by atoms with van der Waals surface area (Å²) in [7, 11) is 1.31. The van der Waals surface area contributed by atoms with Gasteiger partial charge < -0.3 is 9.47 Å². The van der Waals surface area contributed by atoms with Gasteiger partial charge in [0.1, 0.15) is 0 Å². The van der Waals surface area contributed by atoms with Gasteiger partial charge in [0.2, 0.25) is 0 Å². The topological polar surface area (TPSA) is 65.0 Å². The summed E-state index contributed by atoms with van der Waals surface area (Å²) in [5.74, 6) is -0.367. The van der Waals surface area contributed by atoms with Gasteiger partial charge in [-0.2, -0.15) is 0 Å². The Labute approximate surface area is 75.7 Å². The third kappa shape index (κ3) is 2.54. The van der Waals surface area contributed by atoms with Crippen LogP contribution in [0.2, 0.25) is 0 Å². The van der Waals surface area contributed by atoms with E-state index in [1.54, 1.807) is 6.92 Å². The predicted octanol–water partition coefficient (Wildman–Crippen LogP) is 0.283. The molecule has 5 nitrogen and oxygen atoms in total. The number of nitrogens with zero attached hydrogens (tertiary/aromatic N) is 1. The molecule has 0 bridgehead atoms. The molecule has 0 aromatic carbocycles. The van der Waals surface area contributed by atoms with E-state index < -0.39 is 6.04 Å². The van der Waals surface area contributed by atoms with Crippen LogP contribution in [0.3, 0.4) is 0 Å². The van der Waals surface area contributed by atoms with E-state index in [2.05, 4.69) is 9.73 Å². The molecule has 0 amide bonds. The molecule has 1 rings (SSSR count). The Morgan fingerprint density at radius 3 is 2.85 bits per heavy atom. The number of aliphatic imine (C=N–C) groups is 1. The number of ether oxygens (including phenoxy) is 2. The zero-order valence-electron chi connectivity index (χ0n) is 7.57. The van der Waals surface area contributed by atoms with E-state index in [1.165, 1.54) is 7.11 Å². The molecule has 1 aliphatic heterocycles. The van der Waals surface area contributed by atoms with Crippen LogP contribution in [0.25, 0.3) is 0 Å². The number of cyclic esters (lactones) is 1. The number of esters is 2. The van der Waals surface area contributed by atoms with Gasteiger partial charge in [0.05, 0.1) is 7.11 Å². The summed E-state index contributed by atoms with van der Waals surface area (Å²) in [6, 6.07) is -0.529. The van der Waals surface area contributed by atoms with Crippen molar-refractivity contribution in [3.05, 3.63) is 0 Å². The van der Waals surface area contributed by atoms with Crippen LogP contribution in [-0.2, 0) is 19.1 Å². The average Bonchev–Trinajstić information content (AvgIpc) is 2.41. The molecule has 72 valence electrons. The van der Waals surface area contributed by atoms with Gasteiger partial charge in [-0.15, -0.1) is 0 Å².